The first-order valence-electron chi connectivity index (χ1n) is 5.89. The molecule has 0 aliphatic carbocycles. The minimum atomic E-state index is -0.807. The smallest absolute Gasteiger partial charge is 0.314 e. The lowest BCUT2D eigenvalue weighted by atomic mass is 10.2. The molecule has 1 rings (SSSR count). The van der Waals surface area contributed by atoms with E-state index in [0.29, 0.717) is 32.5 Å². The van der Waals surface area contributed by atoms with E-state index in [1.54, 1.807) is 10.9 Å². The van der Waals surface area contributed by atoms with Crippen LogP contribution in [0.1, 0.15) is 19.3 Å². The topological polar surface area (TPSA) is 96.3 Å². The molecular formula is C11H18N4O3. The number of hydrogen-bond acceptors (Lipinski definition) is 3. The Bertz CT molecular complexity index is 364. The molecule has 100 valence electrons. The largest absolute Gasteiger partial charge is 0.481 e. The minimum Gasteiger partial charge on any atom is -0.481 e. The second kappa shape index (κ2) is 8.10. The summed E-state index contributed by atoms with van der Waals surface area (Å²) in [6.45, 7) is 1.61. The number of amides is 2. The van der Waals surface area contributed by atoms with Gasteiger partial charge in [0.2, 0.25) is 0 Å². The monoisotopic (exact) mass is 254 g/mol. The van der Waals surface area contributed by atoms with Gasteiger partial charge in [-0.3, -0.25) is 9.48 Å². The van der Waals surface area contributed by atoms with Crippen molar-refractivity contribution < 1.29 is 14.7 Å². The predicted octanol–water partition coefficient (Wildman–Crippen LogP) is 0.437. The maximum Gasteiger partial charge on any atom is 0.314 e. The van der Waals surface area contributed by atoms with Crippen LogP contribution < -0.4 is 10.6 Å². The molecule has 0 spiro atoms. The summed E-state index contributed by atoms with van der Waals surface area (Å²) in [5, 5.41) is 17.8. The van der Waals surface area contributed by atoms with Gasteiger partial charge in [-0.2, -0.15) is 5.10 Å². The number of urea groups is 1. The highest BCUT2D eigenvalue weighted by atomic mass is 16.4. The second-order valence-corrected chi connectivity index (χ2v) is 3.80. The van der Waals surface area contributed by atoms with E-state index in [1.165, 1.54) is 0 Å². The molecule has 0 saturated heterocycles. The van der Waals surface area contributed by atoms with Gasteiger partial charge in [0.05, 0.1) is 6.54 Å². The van der Waals surface area contributed by atoms with Crippen molar-refractivity contribution in [3.8, 4) is 0 Å². The highest BCUT2D eigenvalue weighted by Gasteiger charge is 2.00. The molecule has 0 aliphatic heterocycles. The van der Waals surface area contributed by atoms with Gasteiger partial charge in [-0.25, -0.2) is 4.79 Å². The fraction of sp³-hybridized carbons (Fsp3) is 0.545. The fourth-order valence-corrected chi connectivity index (χ4v) is 1.38. The zero-order chi connectivity index (χ0) is 13.2. The summed E-state index contributed by atoms with van der Waals surface area (Å²) >= 11 is 0. The number of aliphatic carboxylic acids is 1. The zero-order valence-electron chi connectivity index (χ0n) is 10.1. The van der Waals surface area contributed by atoms with Crippen LogP contribution in [0.2, 0.25) is 0 Å². The molecular weight excluding hydrogens is 236 g/mol. The molecule has 0 radical (unpaired) electrons. The Morgan fingerprint density at radius 2 is 2.00 bits per heavy atom. The van der Waals surface area contributed by atoms with Crippen LogP contribution in [0, 0.1) is 0 Å². The number of carbonyl (C=O) groups excluding carboxylic acids is 1. The lowest BCUT2D eigenvalue weighted by Crippen LogP contribution is -2.37. The number of rotatable bonds is 8. The van der Waals surface area contributed by atoms with Crippen LogP contribution in [-0.2, 0) is 11.3 Å². The molecule has 7 nitrogen and oxygen atoms in total. The van der Waals surface area contributed by atoms with Crippen molar-refractivity contribution in [2.45, 2.75) is 25.8 Å². The number of nitrogens with zero attached hydrogens (tertiary/aromatic N) is 2. The van der Waals surface area contributed by atoms with E-state index in [-0.39, 0.29) is 12.5 Å². The van der Waals surface area contributed by atoms with Gasteiger partial charge in [0.1, 0.15) is 0 Å². The van der Waals surface area contributed by atoms with Gasteiger partial charge in [0.25, 0.3) is 0 Å². The van der Waals surface area contributed by atoms with E-state index in [9.17, 15) is 9.59 Å². The first-order chi connectivity index (χ1) is 8.68. The van der Waals surface area contributed by atoms with Gasteiger partial charge in [-0.15, -0.1) is 0 Å². The normalized spacial score (nSPS) is 10.0. The fourth-order valence-electron chi connectivity index (χ4n) is 1.38. The van der Waals surface area contributed by atoms with Crippen LogP contribution >= 0.6 is 0 Å². The van der Waals surface area contributed by atoms with Crippen molar-refractivity contribution >= 4 is 12.0 Å². The molecule has 0 aliphatic rings. The van der Waals surface area contributed by atoms with Gasteiger partial charge in [-0.05, 0) is 18.9 Å². The molecule has 0 unspecified atom stereocenters. The Labute approximate surface area is 105 Å². The van der Waals surface area contributed by atoms with Crippen LogP contribution in [0.3, 0.4) is 0 Å². The van der Waals surface area contributed by atoms with Crippen LogP contribution in [0.5, 0.6) is 0 Å². The third kappa shape index (κ3) is 6.51. The van der Waals surface area contributed by atoms with Crippen molar-refractivity contribution in [2.75, 3.05) is 13.1 Å². The first-order valence-corrected chi connectivity index (χ1v) is 5.89. The highest BCUT2D eigenvalue weighted by molar-refractivity contribution is 5.73. The molecule has 0 fully saturated rings. The van der Waals surface area contributed by atoms with Crippen molar-refractivity contribution in [1.29, 1.82) is 0 Å². The second-order valence-electron chi connectivity index (χ2n) is 3.80. The van der Waals surface area contributed by atoms with Gasteiger partial charge in [0.15, 0.2) is 0 Å². The quantitative estimate of drug-likeness (QED) is 0.586. The van der Waals surface area contributed by atoms with Crippen LogP contribution in [0.4, 0.5) is 4.79 Å². The van der Waals surface area contributed by atoms with Crippen LogP contribution in [0.25, 0.3) is 0 Å². The molecule has 1 aromatic rings. The van der Waals surface area contributed by atoms with Crippen molar-refractivity contribution in [1.82, 2.24) is 20.4 Å². The van der Waals surface area contributed by atoms with Crippen molar-refractivity contribution in [2.24, 2.45) is 0 Å². The average Bonchev–Trinajstić information content (AvgIpc) is 2.81. The standard InChI is InChI=1S/C11H18N4O3/c16-10(17)4-1-2-5-12-11(18)13-7-9-15-8-3-6-14-15/h3,6,8H,1-2,4-5,7,9H2,(H,16,17)(H2,12,13,18). The maximum atomic E-state index is 11.3. The molecule has 7 heteroatoms. The molecule has 0 aromatic carbocycles. The Kier molecular flexibility index (Phi) is 6.31. The van der Waals surface area contributed by atoms with E-state index in [1.807, 2.05) is 12.3 Å². The van der Waals surface area contributed by atoms with E-state index in [2.05, 4.69) is 15.7 Å². The number of hydrogen-bond donors (Lipinski definition) is 3. The Balaban J connectivity index is 1.95. The number of carbonyl (C=O) groups is 2. The van der Waals surface area contributed by atoms with E-state index >= 15 is 0 Å². The summed E-state index contributed by atoms with van der Waals surface area (Å²) in [6, 6.07) is 1.58. The Morgan fingerprint density at radius 3 is 2.67 bits per heavy atom. The summed E-state index contributed by atoms with van der Waals surface area (Å²) in [5.74, 6) is -0.807. The van der Waals surface area contributed by atoms with Crippen molar-refractivity contribution in [3.63, 3.8) is 0 Å². The third-order valence-electron chi connectivity index (χ3n) is 2.29. The molecule has 3 N–H and O–H groups in total. The summed E-state index contributed by atoms with van der Waals surface area (Å²) in [7, 11) is 0. The molecule has 0 atom stereocenters. The number of nitrogens with one attached hydrogen (secondary N) is 2. The lowest BCUT2D eigenvalue weighted by Gasteiger charge is -2.07. The first kappa shape index (κ1) is 14.0. The number of carboxylic acid groups (broad SMARTS) is 1. The summed E-state index contributed by atoms with van der Waals surface area (Å²) in [5.41, 5.74) is 0. The Hall–Kier alpha value is -2.05. The Morgan fingerprint density at radius 1 is 1.22 bits per heavy atom. The van der Waals surface area contributed by atoms with Crippen molar-refractivity contribution in [3.05, 3.63) is 18.5 Å². The third-order valence-corrected chi connectivity index (χ3v) is 2.29. The highest BCUT2D eigenvalue weighted by Crippen LogP contribution is 1.93. The predicted molar refractivity (Wildman–Crippen MR) is 65.1 cm³/mol. The lowest BCUT2D eigenvalue weighted by molar-refractivity contribution is -0.137. The molecule has 0 saturated carbocycles. The summed E-state index contributed by atoms with van der Waals surface area (Å²) in [4.78, 5) is 21.5. The molecule has 2 amide bonds. The number of unbranched alkanes of at least 4 members (excludes halogenated alkanes) is 1. The minimum absolute atomic E-state index is 0.141. The molecule has 18 heavy (non-hydrogen) atoms. The van der Waals surface area contributed by atoms with Gasteiger partial charge in [-0.1, -0.05) is 0 Å². The van der Waals surface area contributed by atoms with Gasteiger partial charge >= 0.3 is 12.0 Å². The van der Waals surface area contributed by atoms with Gasteiger partial charge < -0.3 is 15.7 Å². The average molecular weight is 254 g/mol. The van der Waals surface area contributed by atoms with E-state index in [4.69, 9.17) is 5.11 Å². The summed E-state index contributed by atoms with van der Waals surface area (Å²) in [6.07, 6.45) is 4.89. The van der Waals surface area contributed by atoms with Crippen LogP contribution in [-0.4, -0.2) is 40.0 Å². The molecule has 1 aromatic heterocycles. The molecule has 0 bridgehead atoms. The number of aromatic nitrogens is 2. The SMILES string of the molecule is O=C(O)CCCCNC(=O)NCCn1cccn1. The zero-order valence-corrected chi connectivity index (χ0v) is 10.1. The maximum absolute atomic E-state index is 11.3. The molecule has 1 heterocycles. The van der Waals surface area contributed by atoms with E-state index < -0.39 is 5.97 Å². The van der Waals surface area contributed by atoms with E-state index in [0.717, 1.165) is 0 Å². The van der Waals surface area contributed by atoms with Crippen LogP contribution in [0.15, 0.2) is 18.5 Å². The summed E-state index contributed by atoms with van der Waals surface area (Å²) < 4.78 is 1.73. The van der Waals surface area contributed by atoms with Gasteiger partial charge in [0, 0.05) is 31.9 Å². The number of carboxylic acids is 1.